The fourth-order valence-electron chi connectivity index (χ4n) is 8.86. The third-order valence-corrected chi connectivity index (χ3v) is 11.5. The monoisotopic (exact) mass is 502 g/mol. The van der Waals surface area contributed by atoms with Crippen LogP contribution in [0.2, 0.25) is 0 Å². The molecule has 3 fully saturated rings. The Labute approximate surface area is 220 Å². The van der Waals surface area contributed by atoms with Crippen LogP contribution in [-0.4, -0.2) is 12.1 Å². The van der Waals surface area contributed by atoms with Crippen LogP contribution in [0.15, 0.2) is 22.3 Å². The highest BCUT2D eigenvalue weighted by molar-refractivity contribution is 6.31. The zero-order valence-corrected chi connectivity index (χ0v) is 24.0. The Morgan fingerprint density at radius 2 is 1.74 bits per heavy atom. The Hall–Kier alpha value is -0.760. The summed E-state index contributed by atoms with van der Waals surface area (Å²) in [5.41, 5.74) is 3.00. The predicted octanol–water partition coefficient (Wildman–Crippen LogP) is 9.76. The Morgan fingerprint density at radius 3 is 2.49 bits per heavy atom. The van der Waals surface area contributed by atoms with Crippen molar-refractivity contribution in [1.29, 1.82) is 0 Å². The third-order valence-electron chi connectivity index (χ3n) is 11.3. The second-order valence-corrected chi connectivity index (χ2v) is 13.6. The summed E-state index contributed by atoms with van der Waals surface area (Å²) in [5, 5.41) is 0.534. The largest absolute Gasteiger partial charge is 0.459 e. The lowest BCUT2D eigenvalue weighted by Crippen LogP contribution is -2.50. The van der Waals surface area contributed by atoms with Gasteiger partial charge in [-0.05, 0) is 99.7 Å². The van der Waals surface area contributed by atoms with Gasteiger partial charge in [-0.15, -0.1) is 0 Å². The fourth-order valence-corrected chi connectivity index (χ4v) is 8.94. The predicted molar refractivity (Wildman–Crippen MR) is 147 cm³/mol. The number of hydrogen-bond donors (Lipinski definition) is 0. The minimum atomic E-state index is -0.240. The Morgan fingerprint density at radius 1 is 1.00 bits per heavy atom. The van der Waals surface area contributed by atoms with E-state index in [1.165, 1.54) is 77.0 Å². The highest BCUT2D eigenvalue weighted by Gasteiger charge is 2.58. The summed E-state index contributed by atoms with van der Waals surface area (Å²) in [4.78, 5) is 12.5. The van der Waals surface area contributed by atoms with Crippen LogP contribution in [0.5, 0.6) is 0 Å². The van der Waals surface area contributed by atoms with Crippen molar-refractivity contribution in [2.75, 3.05) is 0 Å². The van der Waals surface area contributed by atoms with Crippen LogP contribution in [0.3, 0.4) is 0 Å². The van der Waals surface area contributed by atoms with Crippen molar-refractivity contribution in [3.63, 3.8) is 0 Å². The second-order valence-electron chi connectivity index (χ2n) is 13.1. The molecule has 0 saturated heterocycles. The fraction of sp³-hybridized carbons (Fsp3) is 0.844. The molecule has 4 aliphatic carbocycles. The molecule has 4 aliphatic rings. The number of allylic oxidation sites excluding steroid dienone is 2. The van der Waals surface area contributed by atoms with Crippen LogP contribution < -0.4 is 0 Å². The number of carbonyl (C=O) groups is 1. The minimum Gasteiger partial charge on any atom is -0.459 e. The second kappa shape index (κ2) is 11.3. The van der Waals surface area contributed by atoms with Crippen molar-refractivity contribution in [2.45, 2.75) is 137 Å². The maximum atomic E-state index is 12.5. The number of esters is 1. The lowest BCUT2D eigenvalue weighted by Gasteiger charge is -2.58. The molecule has 4 rings (SSSR count). The summed E-state index contributed by atoms with van der Waals surface area (Å²) in [6, 6.07) is 0. The van der Waals surface area contributed by atoms with Gasteiger partial charge in [-0.25, -0.2) is 4.79 Å². The first kappa shape index (κ1) is 27.3. The molecular formula is C32H51ClO2. The lowest BCUT2D eigenvalue weighted by atomic mass is 9.47. The zero-order valence-electron chi connectivity index (χ0n) is 23.3. The molecule has 0 aliphatic heterocycles. The van der Waals surface area contributed by atoms with E-state index in [0.29, 0.717) is 21.4 Å². The summed E-state index contributed by atoms with van der Waals surface area (Å²) in [5.74, 6) is 3.30. The quantitative estimate of drug-likeness (QED) is 0.136. The van der Waals surface area contributed by atoms with E-state index in [0.717, 1.165) is 42.9 Å². The van der Waals surface area contributed by atoms with Crippen LogP contribution in [0.4, 0.5) is 0 Å². The molecule has 0 spiro atoms. The van der Waals surface area contributed by atoms with Crippen LogP contribution >= 0.6 is 11.6 Å². The first-order valence-corrected chi connectivity index (χ1v) is 15.3. The molecule has 0 aromatic carbocycles. The van der Waals surface area contributed by atoms with Crippen molar-refractivity contribution >= 4 is 17.6 Å². The molecule has 0 aromatic heterocycles. The molecule has 2 nitrogen and oxygen atoms in total. The van der Waals surface area contributed by atoms with E-state index in [1.807, 2.05) is 0 Å². The van der Waals surface area contributed by atoms with E-state index < -0.39 is 0 Å². The highest BCUT2D eigenvalue weighted by atomic mass is 35.5. The summed E-state index contributed by atoms with van der Waals surface area (Å²) >= 11 is 6.04. The highest BCUT2D eigenvalue weighted by Crippen LogP contribution is 2.66. The van der Waals surface area contributed by atoms with E-state index in [1.54, 1.807) is 19.4 Å². The number of rotatable bonds is 9. The van der Waals surface area contributed by atoms with Crippen LogP contribution in [0.25, 0.3) is 0 Å². The van der Waals surface area contributed by atoms with E-state index in [9.17, 15) is 4.79 Å². The molecule has 35 heavy (non-hydrogen) atoms. The van der Waals surface area contributed by atoms with Gasteiger partial charge in [-0.2, -0.15) is 0 Å². The molecule has 3 saturated carbocycles. The molecule has 0 N–H and O–H groups in total. The van der Waals surface area contributed by atoms with Crippen molar-refractivity contribution in [3.8, 4) is 0 Å². The van der Waals surface area contributed by atoms with E-state index in [4.69, 9.17) is 16.3 Å². The average Bonchev–Trinajstić information content (AvgIpc) is 3.17. The Kier molecular flexibility index (Phi) is 8.82. The molecule has 198 valence electrons. The van der Waals surface area contributed by atoms with Gasteiger partial charge in [-0.3, -0.25) is 0 Å². The number of carbonyl (C=O) groups excluding carboxylic acids is 1. The van der Waals surface area contributed by atoms with Gasteiger partial charge in [0, 0.05) is 17.0 Å². The standard InChI is InChI=1S/C32H51ClO2/c1-6-7-8-9-10-11-12-24-14-16-28-27-15-13-25-21-26(35-30(34)22(2)23(3)33)17-19-32(25,5)29(27)18-20-31(24,28)4/h13,24,26-29H,6-12,14-21H2,1-5H3/b23-22+/t24-,26+,27-,28-,29-,31-,32+/m1/s1. The van der Waals surface area contributed by atoms with Crippen molar-refractivity contribution in [2.24, 2.45) is 34.5 Å². The summed E-state index contributed by atoms with van der Waals surface area (Å²) in [6.45, 7) is 11.1. The zero-order chi connectivity index (χ0) is 25.2. The molecule has 0 radical (unpaired) electrons. The van der Waals surface area contributed by atoms with Gasteiger partial charge in [-0.1, -0.05) is 82.5 Å². The summed E-state index contributed by atoms with van der Waals surface area (Å²) in [6.07, 6.45) is 22.7. The van der Waals surface area contributed by atoms with Crippen LogP contribution in [0, 0.1) is 34.5 Å². The number of hydrogen-bond acceptors (Lipinski definition) is 2. The van der Waals surface area contributed by atoms with E-state index >= 15 is 0 Å². The van der Waals surface area contributed by atoms with Gasteiger partial charge in [0.15, 0.2) is 0 Å². The van der Waals surface area contributed by atoms with Gasteiger partial charge in [0.1, 0.15) is 6.10 Å². The summed E-state index contributed by atoms with van der Waals surface area (Å²) in [7, 11) is 0. The topological polar surface area (TPSA) is 26.3 Å². The SMILES string of the molecule is CCCCCCCC[C@@H]1CC[C@@H]2[C@H]3CC=C4C[C@@H](OC(=O)/C(C)=C(\C)Cl)CC[C@]4(C)[C@@H]3CC[C@]12C. The van der Waals surface area contributed by atoms with E-state index in [2.05, 4.69) is 26.8 Å². The molecule has 0 heterocycles. The first-order valence-electron chi connectivity index (χ1n) is 14.9. The van der Waals surface area contributed by atoms with E-state index in [-0.39, 0.29) is 12.1 Å². The maximum Gasteiger partial charge on any atom is 0.335 e. The van der Waals surface area contributed by atoms with Gasteiger partial charge in [0.25, 0.3) is 0 Å². The maximum absolute atomic E-state index is 12.5. The summed E-state index contributed by atoms with van der Waals surface area (Å²) < 4.78 is 5.89. The van der Waals surface area contributed by atoms with Crippen LogP contribution in [-0.2, 0) is 9.53 Å². The number of fused-ring (bicyclic) bond motifs is 5. The first-order chi connectivity index (χ1) is 16.7. The molecule has 0 amide bonds. The Bertz CT molecular complexity index is 823. The van der Waals surface area contributed by atoms with Crippen molar-refractivity contribution in [3.05, 3.63) is 22.3 Å². The van der Waals surface area contributed by atoms with Gasteiger partial charge in [0.05, 0.1) is 0 Å². The minimum absolute atomic E-state index is 0.00591. The van der Waals surface area contributed by atoms with Crippen LogP contribution in [0.1, 0.15) is 131 Å². The van der Waals surface area contributed by atoms with Gasteiger partial charge in [0.2, 0.25) is 0 Å². The van der Waals surface area contributed by atoms with Crippen molar-refractivity contribution in [1.82, 2.24) is 0 Å². The number of halogens is 1. The van der Waals surface area contributed by atoms with Gasteiger partial charge >= 0.3 is 5.97 Å². The Balaban J connectivity index is 1.38. The third kappa shape index (κ3) is 5.44. The average molecular weight is 503 g/mol. The smallest absolute Gasteiger partial charge is 0.335 e. The molecule has 7 atom stereocenters. The molecule has 0 unspecified atom stereocenters. The normalized spacial score (nSPS) is 39.1. The molecule has 3 heteroatoms. The van der Waals surface area contributed by atoms with Gasteiger partial charge < -0.3 is 4.74 Å². The number of ether oxygens (including phenoxy) is 1. The van der Waals surface area contributed by atoms with Crippen molar-refractivity contribution < 1.29 is 9.53 Å². The molecular weight excluding hydrogens is 452 g/mol. The lowest BCUT2D eigenvalue weighted by molar-refractivity contribution is -0.146. The number of unbranched alkanes of at least 4 members (excludes halogenated alkanes) is 5. The molecule has 0 bridgehead atoms. The molecule has 0 aromatic rings.